The molecule has 0 unspecified atom stereocenters. The third-order valence-corrected chi connectivity index (χ3v) is 4.56. The molecule has 2 aromatic rings. The van der Waals surface area contributed by atoms with Crippen molar-refractivity contribution in [2.45, 2.75) is 20.3 Å². The van der Waals surface area contributed by atoms with E-state index in [2.05, 4.69) is 25.7 Å². The number of aryl methyl sites for hydroxylation is 1. The predicted molar refractivity (Wildman–Crippen MR) is 104 cm³/mol. The number of carbonyl (C=O) groups is 1. The van der Waals surface area contributed by atoms with E-state index in [0.29, 0.717) is 52.6 Å². The molecule has 0 fully saturated rings. The molecule has 1 aliphatic heterocycles. The van der Waals surface area contributed by atoms with Gasteiger partial charge in [-0.25, -0.2) is 9.97 Å². The molecule has 2 heterocycles. The number of halogens is 2. The van der Waals surface area contributed by atoms with Crippen LogP contribution < -0.4 is 15.6 Å². The second-order valence-electron chi connectivity index (χ2n) is 5.70. The summed E-state index contributed by atoms with van der Waals surface area (Å²) in [6, 6.07) is 5.30. The molecule has 0 saturated heterocycles. The van der Waals surface area contributed by atoms with E-state index in [1.165, 1.54) is 6.20 Å². The second kappa shape index (κ2) is 7.88. The Morgan fingerprint density at radius 1 is 1.31 bits per heavy atom. The first-order valence-corrected chi connectivity index (χ1v) is 8.92. The molecule has 136 valence electrons. The van der Waals surface area contributed by atoms with Crippen LogP contribution in [-0.2, 0) is 0 Å². The molecule has 0 atom stereocenters. The molecule has 0 radical (unpaired) electrons. The Balaban J connectivity index is 1.71. The number of hydrogen-bond acceptors (Lipinski definition) is 6. The van der Waals surface area contributed by atoms with E-state index in [0.717, 1.165) is 5.69 Å². The summed E-state index contributed by atoms with van der Waals surface area (Å²) in [5.41, 5.74) is 1.84. The highest BCUT2D eigenvalue weighted by atomic mass is 35.5. The van der Waals surface area contributed by atoms with Gasteiger partial charge in [-0.05, 0) is 32.0 Å². The van der Waals surface area contributed by atoms with E-state index >= 15 is 0 Å². The second-order valence-corrected chi connectivity index (χ2v) is 6.51. The van der Waals surface area contributed by atoms with Crippen LogP contribution in [0.2, 0.25) is 10.0 Å². The van der Waals surface area contributed by atoms with Crippen molar-refractivity contribution < 1.29 is 4.79 Å². The number of amidine groups is 1. The molecule has 0 bridgehead atoms. The van der Waals surface area contributed by atoms with Crippen molar-refractivity contribution in [3.05, 3.63) is 45.7 Å². The first kappa shape index (κ1) is 18.4. The number of rotatable bonds is 4. The van der Waals surface area contributed by atoms with Gasteiger partial charge in [0.15, 0.2) is 0 Å². The Morgan fingerprint density at radius 2 is 2.12 bits per heavy atom. The van der Waals surface area contributed by atoms with Crippen LogP contribution in [0.4, 0.5) is 11.6 Å². The third-order valence-electron chi connectivity index (χ3n) is 3.82. The summed E-state index contributed by atoms with van der Waals surface area (Å²) < 4.78 is 0. The smallest absolute Gasteiger partial charge is 0.260 e. The molecule has 7 nitrogen and oxygen atoms in total. The molecule has 0 saturated carbocycles. The molecule has 1 amide bonds. The molecule has 1 aromatic heterocycles. The van der Waals surface area contributed by atoms with Crippen molar-refractivity contribution in [3.8, 4) is 0 Å². The van der Waals surface area contributed by atoms with Gasteiger partial charge in [0.2, 0.25) is 5.95 Å². The minimum Gasteiger partial charge on any atom is -0.354 e. The number of nitrogens with zero attached hydrogens (tertiary/aromatic N) is 4. The van der Waals surface area contributed by atoms with Crippen LogP contribution in [0.3, 0.4) is 0 Å². The highest BCUT2D eigenvalue weighted by Gasteiger charge is 2.20. The van der Waals surface area contributed by atoms with Crippen molar-refractivity contribution in [1.82, 2.24) is 15.3 Å². The molecule has 3 rings (SSSR count). The zero-order valence-corrected chi connectivity index (χ0v) is 15.9. The lowest BCUT2D eigenvalue weighted by molar-refractivity contribution is 0.0975. The predicted octanol–water partition coefficient (Wildman–Crippen LogP) is 3.48. The Hall–Kier alpha value is -2.38. The van der Waals surface area contributed by atoms with Crippen LogP contribution in [-0.4, -0.2) is 34.8 Å². The molecule has 1 aromatic carbocycles. The number of hydrazone groups is 1. The topological polar surface area (TPSA) is 82.5 Å². The number of anilines is 2. The number of aromatic nitrogens is 2. The summed E-state index contributed by atoms with van der Waals surface area (Å²) >= 11 is 12.0. The fourth-order valence-electron chi connectivity index (χ4n) is 2.51. The SMILES string of the molecule is CCNc1ncc(C(=O)NC2=NN(c3ccc(Cl)c(Cl)c3)CC2)c(C)n1. The van der Waals surface area contributed by atoms with Crippen LogP contribution in [0.1, 0.15) is 29.4 Å². The van der Waals surface area contributed by atoms with Gasteiger partial charge >= 0.3 is 0 Å². The van der Waals surface area contributed by atoms with E-state index in [9.17, 15) is 4.79 Å². The monoisotopic (exact) mass is 392 g/mol. The van der Waals surface area contributed by atoms with E-state index in [1.54, 1.807) is 24.1 Å². The van der Waals surface area contributed by atoms with Gasteiger partial charge in [0.25, 0.3) is 5.91 Å². The highest BCUT2D eigenvalue weighted by molar-refractivity contribution is 6.42. The van der Waals surface area contributed by atoms with Gasteiger partial charge in [0.1, 0.15) is 5.84 Å². The Labute approximate surface area is 161 Å². The number of hydrogen-bond donors (Lipinski definition) is 2. The van der Waals surface area contributed by atoms with Crippen LogP contribution >= 0.6 is 23.2 Å². The average molecular weight is 393 g/mol. The van der Waals surface area contributed by atoms with Crippen LogP contribution in [0.5, 0.6) is 0 Å². The molecule has 2 N–H and O–H groups in total. The number of carbonyl (C=O) groups excluding carboxylic acids is 1. The van der Waals surface area contributed by atoms with Crippen molar-refractivity contribution >= 4 is 46.6 Å². The zero-order chi connectivity index (χ0) is 18.7. The molecule has 0 aliphatic carbocycles. The molecule has 0 spiro atoms. The highest BCUT2D eigenvalue weighted by Crippen LogP contribution is 2.28. The lowest BCUT2D eigenvalue weighted by Gasteiger charge is -2.13. The standard InChI is InChI=1S/C17H18Cl2N6O/c1-3-20-17-21-9-12(10(2)22-17)16(26)23-15-6-7-25(24-15)11-4-5-13(18)14(19)8-11/h4-5,8-9H,3,6-7H2,1-2H3,(H,20,21,22)(H,23,24,26). The Kier molecular flexibility index (Phi) is 5.58. The van der Waals surface area contributed by atoms with E-state index < -0.39 is 0 Å². The maximum absolute atomic E-state index is 12.5. The van der Waals surface area contributed by atoms with Crippen LogP contribution in [0.15, 0.2) is 29.5 Å². The maximum Gasteiger partial charge on any atom is 0.260 e. The van der Waals surface area contributed by atoms with Crippen molar-refractivity contribution in [2.75, 3.05) is 23.4 Å². The van der Waals surface area contributed by atoms with Gasteiger partial charge in [0.05, 0.1) is 27.0 Å². The van der Waals surface area contributed by atoms with Crippen LogP contribution in [0, 0.1) is 6.92 Å². The van der Waals surface area contributed by atoms with Gasteiger partial charge < -0.3 is 10.6 Å². The first-order chi connectivity index (χ1) is 12.5. The van der Waals surface area contributed by atoms with Crippen molar-refractivity contribution in [2.24, 2.45) is 5.10 Å². The van der Waals surface area contributed by atoms with E-state index in [4.69, 9.17) is 23.2 Å². The third kappa shape index (κ3) is 4.05. The fraction of sp³-hybridized carbons (Fsp3) is 0.294. The molecule has 26 heavy (non-hydrogen) atoms. The maximum atomic E-state index is 12.5. The number of nitrogens with one attached hydrogen (secondary N) is 2. The molecular weight excluding hydrogens is 375 g/mol. The molecular formula is C17H18Cl2N6O. The number of benzene rings is 1. The fourth-order valence-corrected chi connectivity index (χ4v) is 2.80. The summed E-state index contributed by atoms with van der Waals surface area (Å²) in [7, 11) is 0. The quantitative estimate of drug-likeness (QED) is 0.831. The minimum atomic E-state index is -0.278. The van der Waals surface area contributed by atoms with Crippen LogP contribution in [0.25, 0.3) is 0 Å². The zero-order valence-electron chi connectivity index (χ0n) is 14.4. The molecule has 1 aliphatic rings. The number of amides is 1. The van der Waals surface area contributed by atoms with Gasteiger partial charge in [-0.15, -0.1) is 0 Å². The Morgan fingerprint density at radius 3 is 2.81 bits per heavy atom. The normalized spacial score (nSPS) is 13.5. The Bertz CT molecular complexity index is 870. The van der Waals surface area contributed by atoms with Gasteiger partial charge in [-0.3, -0.25) is 9.80 Å². The van der Waals surface area contributed by atoms with E-state index in [1.807, 2.05) is 13.0 Å². The van der Waals surface area contributed by atoms with Gasteiger partial charge in [-0.1, -0.05) is 23.2 Å². The summed E-state index contributed by atoms with van der Waals surface area (Å²) in [6.07, 6.45) is 2.13. The van der Waals surface area contributed by atoms with Gasteiger partial charge in [-0.2, -0.15) is 5.10 Å². The summed E-state index contributed by atoms with van der Waals surface area (Å²) in [6.45, 7) is 5.09. The lowest BCUT2D eigenvalue weighted by atomic mass is 10.2. The minimum absolute atomic E-state index is 0.278. The lowest BCUT2D eigenvalue weighted by Crippen LogP contribution is -2.30. The van der Waals surface area contributed by atoms with Crippen molar-refractivity contribution in [3.63, 3.8) is 0 Å². The summed E-state index contributed by atoms with van der Waals surface area (Å²) in [4.78, 5) is 20.9. The summed E-state index contributed by atoms with van der Waals surface area (Å²) in [5.74, 6) is 0.807. The summed E-state index contributed by atoms with van der Waals surface area (Å²) in [5, 5.41) is 13.0. The first-order valence-electron chi connectivity index (χ1n) is 8.17. The molecule has 9 heteroatoms. The average Bonchev–Trinajstić information content (AvgIpc) is 3.06. The van der Waals surface area contributed by atoms with Gasteiger partial charge in [0, 0.05) is 25.7 Å². The van der Waals surface area contributed by atoms with E-state index in [-0.39, 0.29) is 5.91 Å². The van der Waals surface area contributed by atoms with Crippen molar-refractivity contribution in [1.29, 1.82) is 0 Å². The largest absolute Gasteiger partial charge is 0.354 e.